The van der Waals surface area contributed by atoms with Gasteiger partial charge in [-0.3, -0.25) is 15.0 Å². The molecule has 1 atom stereocenters. The summed E-state index contributed by atoms with van der Waals surface area (Å²) in [5.41, 5.74) is 0.910. The Bertz CT molecular complexity index is 651. The highest BCUT2D eigenvalue weighted by Crippen LogP contribution is 2.14. The van der Waals surface area contributed by atoms with Crippen molar-refractivity contribution in [2.75, 3.05) is 39.4 Å². The minimum atomic E-state index is -0.379. The minimum absolute atomic E-state index is 0. The standard InChI is InChI=1S/C20H33N5O3.HI/c1-4-21-20(22-14-17-6-5-7-18(13-17)25(26)27)23-15-19(12-16(2)3)24-8-10-28-11-9-24;/h5-7,13,16,19H,4,8-12,14-15H2,1-3H3,(H2,21,22,23);1H. The highest BCUT2D eigenvalue weighted by atomic mass is 127. The van der Waals surface area contributed by atoms with Gasteiger partial charge in [-0.1, -0.05) is 26.0 Å². The van der Waals surface area contributed by atoms with Crippen LogP contribution >= 0.6 is 24.0 Å². The monoisotopic (exact) mass is 519 g/mol. The molecule has 1 aromatic rings. The van der Waals surface area contributed by atoms with Crippen molar-refractivity contribution >= 4 is 35.6 Å². The number of ether oxygens (including phenoxy) is 1. The molecule has 8 nitrogen and oxygen atoms in total. The van der Waals surface area contributed by atoms with Crippen molar-refractivity contribution < 1.29 is 9.66 Å². The fraction of sp³-hybridized carbons (Fsp3) is 0.650. The van der Waals surface area contributed by atoms with E-state index in [1.165, 1.54) is 6.07 Å². The van der Waals surface area contributed by atoms with Crippen LogP contribution in [0, 0.1) is 16.0 Å². The van der Waals surface area contributed by atoms with Crippen LogP contribution in [0.4, 0.5) is 5.69 Å². The van der Waals surface area contributed by atoms with Gasteiger partial charge < -0.3 is 15.4 Å². The van der Waals surface area contributed by atoms with E-state index < -0.39 is 0 Å². The van der Waals surface area contributed by atoms with E-state index in [2.05, 4.69) is 34.4 Å². The molecule has 1 aliphatic heterocycles. The lowest BCUT2D eigenvalue weighted by molar-refractivity contribution is -0.384. The zero-order valence-corrected chi connectivity index (χ0v) is 19.9. The third-order valence-corrected chi connectivity index (χ3v) is 4.70. The first kappa shape index (κ1) is 25.6. The summed E-state index contributed by atoms with van der Waals surface area (Å²) in [6.07, 6.45) is 1.11. The maximum absolute atomic E-state index is 10.9. The average molecular weight is 519 g/mol. The lowest BCUT2D eigenvalue weighted by Gasteiger charge is -2.35. The Morgan fingerprint density at radius 2 is 2.03 bits per heavy atom. The van der Waals surface area contributed by atoms with E-state index >= 15 is 0 Å². The second-order valence-electron chi connectivity index (χ2n) is 7.43. The molecule has 0 amide bonds. The van der Waals surface area contributed by atoms with Crippen LogP contribution in [0.3, 0.4) is 0 Å². The summed E-state index contributed by atoms with van der Waals surface area (Å²) < 4.78 is 5.49. The van der Waals surface area contributed by atoms with Crippen molar-refractivity contribution in [3.8, 4) is 0 Å². The molecule has 0 aromatic heterocycles. The first-order valence-corrected chi connectivity index (χ1v) is 10.1. The van der Waals surface area contributed by atoms with Gasteiger partial charge in [0.2, 0.25) is 0 Å². The summed E-state index contributed by atoms with van der Waals surface area (Å²) in [6, 6.07) is 7.04. The summed E-state index contributed by atoms with van der Waals surface area (Å²) in [4.78, 5) is 17.7. The molecule has 0 radical (unpaired) electrons. The summed E-state index contributed by atoms with van der Waals surface area (Å²) >= 11 is 0. The molecular weight excluding hydrogens is 485 g/mol. The summed E-state index contributed by atoms with van der Waals surface area (Å²) in [5, 5.41) is 17.7. The van der Waals surface area contributed by atoms with Crippen molar-refractivity contribution in [2.45, 2.75) is 39.8 Å². The molecule has 1 saturated heterocycles. The number of rotatable bonds is 9. The lowest BCUT2D eigenvalue weighted by Crippen LogP contribution is -2.51. The van der Waals surface area contributed by atoms with Crippen LogP contribution in [0.15, 0.2) is 29.3 Å². The third-order valence-electron chi connectivity index (χ3n) is 4.70. The first-order chi connectivity index (χ1) is 13.5. The van der Waals surface area contributed by atoms with Crippen molar-refractivity contribution in [3.05, 3.63) is 39.9 Å². The Balaban J connectivity index is 0.00000420. The molecule has 1 heterocycles. The fourth-order valence-electron chi connectivity index (χ4n) is 3.34. The molecule has 1 fully saturated rings. The van der Waals surface area contributed by atoms with Gasteiger partial charge in [0.05, 0.1) is 24.7 Å². The van der Waals surface area contributed by atoms with Crippen LogP contribution in [0.2, 0.25) is 0 Å². The van der Waals surface area contributed by atoms with Gasteiger partial charge in [-0.15, -0.1) is 24.0 Å². The highest BCUT2D eigenvalue weighted by molar-refractivity contribution is 14.0. The van der Waals surface area contributed by atoms with Gasteiger partial charge in [-0.25, -0.2) is 4.99 Å². The number of morpholine rings is 1. The number of non-ortho nitro benzene ring substituents is 1. The van der Waals surface area contributed by atoms with E-state index in [-0.39, 0.29) is 34.6 Å². The van der Waals surface area contributed by atoms with Crippen LogP contribution in [0.1, 0.15) is 32.8 Å². The predicted octanol–water partition coefficient (Wildman–Crippen LogP) is 3.01. The number of nitro benzene ring substituents is 1. The van der Waals surface area contributed by atoms with Crippen molar-refractivity contribution in [2.24, 2.45) is 10.9 Å². The number of nitro groups is 1. The number of halogens is 1. The number of nitrogens with zero attached hydrogens (tertiary/aromatic N) is 3. The van der Waals surface area contributed by atoms with Gasteiger partial charge in [-0.05, 0) is 24.8 Å². The summed E-state index contributed by atoms with van der Waals surface area (Å²) in [6.45, 7) is 12.0. The molecule has 9 heteroatoms. The number of guanidine groups is 1. The van der Waals surface area contributed by atoms with E-state index in [9.17, 15) is 10.1 Å². The van der Waals surface area contributed by atoms with Gasteiger partial charge in [0, 0.05) is 44.4 Å². The Hall–Kier alpha value is -1.46. The van der Waals surface area contributed by atoms with Crippen LogP contribution in [0.25, 0.3) is 0 Å². The normalized spacial score (nSPS) is 16.2. The molecule has 0 aliphatic carbocycles. The van der Waals surface area contributed by atoms with E-state index in [1.54, 1.807) is 12.1 Å². The molecule has 0 bridgehead atoms. The van der Waals surface area contributed by atoms with Crippen LogP contribution < -0.4 is 10.6 Å². The topological polar surface area (TPSA) is 92.0 Å². The Labute approximate surface area is 190 Å². The molecule has 1 aliphatic rings. The number of hydrogen-bond donors (Lipinski definition) is 2. The SMILES string of the molecule is CCNC(=NCc1cccc([N+](=O)[O-])c1)NCC(CC(C)C)N1CCOCC1.I. The van der Waals surface area contributed by atoms with Gasteiger partial charge in [0.25, 0.3) is 5.69 Å². The molecule has 29 heavy (non-hydrogen) atoms. The number of aliphatic imine (C=N–C) groups is 1. The largest absolute Gasteiger partial charge is 0.379 e. The Morgan fingerprint density at radius 1 is 1.31 bits per heavy atom. The molecule has 1 aromatic carbocycles. The summed E-state index contributed by atoms with van der Waals surface area (Å²) in [5.74, 6) is 1.34. The summed E-state index contributed by atoms with van der Waals surface area (Å²) in [7, 11) is 0. The van der Waals surface area contributed by atoms with E-state index in [0.717, 1.165) is 57.3 Å². The average Bonchev–Trinajstić information content (AvgIpc) is 2.69. The minimum Gasteiger partial charge on any atom is -0.379 e. The van der Waals surface area contributed by atoms with Crippen LogP contribution in [0.5, 0.6) is 0 Å². The van der Waals surface area contributed by atoms with Gasteiger partial charge >= 0.3 is 0 Å². The number of hydrogen-bond acceptors (Lipinski definition) is 5. The molecule has 1 unspecified atom stereocenters. The predicted molar refractivity (Wildman–Crippen MR) is 127 cm³/mol. The van der Waals surface area contributed by atoms with Crippen molar-refractivity contribution in [3.63, 3.8) is 0 Å². The maximum Gasteiger partial charge on any atom is 0.269 e. The van der Waals surface area contributed by atoms with E-state index in [0.29, 0.717) is 18.5 Å². The second-order valence-corrected chi connectivity index (χ2v) is 7.43. The van der Waals surface area contributed by atoms with E-state index in [1.807, 2.05) is 13.0 Å². The Kier molecular flexibility index (Phi) is 12.1. The van der Waals surface area contributed by atoms with Gasteiger partial charge in [0.1, 0.15) is 0 Å². The zero-order valence-electron chi connectivity index (χ0n) is 17.6. The van der Waals surface area contributed by atoms with Crippen molar-refractivity contribution in [1.29, 1.82) is 0 Å². The second kappa shape index (κ2) is 13.7. The molecule has 0 spiro atoms. The maximum atomic E-state index is 10.9. The Morgan fingerprint density at radius 3 is 2.66 bits per heavy atom. The van der Waals surface area contributed by atoms with Crippen LogP contribution in [-0.4, -0.2) is 61.2 Å². The highest BCUT2D eigenvalue weighted by Gasteiger charge is 2.22. The van der Waals surface area contributed by atoms with E-state index in [4.69, 9.17) is 4.74 Å². The number of benzene rings is 1. The molecular formula is C20H34IN5O3. The quantitative estimate of drug-likeness (QED) is 0.171. The van der Waals surface area contributed by atoms with Gasteiger partial charge in [-0.2, -0.15) is 0 Å². The molecule has 164 valence electrons. The van der Waals surface area contributed by atoms with Gasteiger partial charge in [0.15, 0.2) is 5.96 Å². The first-order valence-electron chi connectivity index (χ1n) is 10.1. The number of nitrogens with one attached hydrogen (secondary N) is 2. The fourth-order valence-corrected chi connectivity index (χ4v) is 3.34. The zero-order chi connectivity index (χ0) is 20.4. The van der Waals surface area contributed by atoms with Crippen molar-refractivity contribution in [1.82, 2.24) is 15.5 Å². The molecule has 2 rings (SSSR count). The molecule has 2 N–H and O–H groups in total. The molecule has 0 saturated carbocycles. The lowest BCUT2D eigenvalue weighted by atomic mass is 10.0. The van der Waals surface area contributed by atoms with Crippen LogP contribution in [-0.2, 0) is 11.3 Å². The third kappa shape index (κ3) is 9.26. The smallest absolute Gasteiger partial charge is 0.269 e.